The minimum Gasteiger partial charge on any atom is -0.381 e. The molecule has 0 aliphatic carbocycles. The highest BCUT2D eigenvalue weighted by Crippen LogP contribution is 2.22. The van der Waals surface area contributed by atoms with E-state index in [1.165, 1.54) is 12.1 Å². The topological polar surface area (TPSA) is 21.3 Å². The molecule has 1 N–H and O–H groups in total. The number of ether oxygens (including phenoxy) is 1. The lowest BCUT2D eigenvalue weighted by atomic mass is 9.97. The molecule has 1 fully saturated rings. The van der Waals surface area contributed by atoms with Gasteiger partial charge in [-0.05, 0) is 43.4 Å². The first-order valence-electron chi connectivity index (χ1n) is 6.80. The first-order chi connectivity index (χ1) is 8.70. The van der Waals surface area contributed by atoms with E-state index < -0.39 is 0 Å². The standard InChI is InChI=1S/C15H22FNO/c1-3-15(12-4-6-14(16)7-5-12)17-11(2)13-8-9-18-10-13/h4-7,11,13,15,17H,3,8-10H2,1-2H3. The summed E-state index contributed by atoms with van der Waals surface area (Å²) in [5, 5.41) is 3.64. The summed E-state index contributed by atoms with van der Waals surface area (Å²) in [4.78, 5) is 0. The summed E-state index contributed by atoms with van der Waals surface area (Å²) in [5.41, 5.74) is 1.16. The summed E-state index contributed by atoms with van der Waals surface area (Å²) < 4.78 is 18.4. The maximum Gasteiger partial charge on any atom is 0.123 e. The van der Waals surface area contributed by atoms with Gasteiger partial charge < -0.3 is 10.1 Å². The number of halogens is 1. The van der Waals surface area contributed by atoms with Crippen LogP contribution in [0.4, 0.5) is 4.39 Å². The molecule has 1 aromatic carbocycles. The van der Waals surface area contributed by atoms with E-state index in [1.54, 1.807) is 0 Å². The Morgan fingerprint density at radius 2 is 2.11 bits per heavy atom. The molecular formula is C15H22FNO. The van der Waals surface area contributed by atoms with E-state index in [-0.39, 0.29) is 5.82 Å². The Morgan fingerprint density at radius 1 is 1.39 bits per heavy atom. The predicted molar refractivity (Wildman–Crippen MR) is 71.0 cm³/mol. The van der Waals surface area contributed by atoms with Crippen LogP contribution in [-0.4, -0.2) is 19.3 Å². The Morgan fingerprint density at radius 3 is 2.67 bits per heavy atom. The summed E-state index contributed by atoms with van der Waals surface area (Å²) in [6.45, 7) is 6.10. The zero-order chi connectivity index (χ0) is 13.0. The summed E-state index contributed by atoms with van der Waals surface area (Å²) in [5.74, 6) is 0.422. The molecule has 0 saturated carbocycles. The number of rotatable bonds is 5. The second-order valence-electron chi connectivity index (χ2n) is 5.09. The second kappa shape index (κ2) is 6.30. The van der Waals surface area contributed by atoms with E-state index >= 15 is 0 Å². The Hall–Kier alpha value is -0.930. The van der Waals surface area contributed by atoms with Crippen molar-refractivity contribution >= 4 is 0 Å². The largest absolute Gasteiger partial charge is 0.381 e. The van der Waals surface area contributed by atoms with Crippen molar-refractivity contribution in [2.45, 2.75) is 38.8 Å². The van der Waals surface area contributed by atoms with Gasteiger partial charge >= 0.3 is 0 Å². The van der Waals surface area contributed by atoms with Gasteiger partial charge in [0.1, 0.15) is 5.82 Å². The van der Waals surface area contributed by atoms with E-state index in [2.05, 4.69) is 19.2 Å². The average molecular weight is 251 g/mol. The van der Waals surface area contributed by atoms with Crippen molar-refractivity contribution in [2.75, 3.05) is 13.2 Å². The zero-order valence-electron chi connectivity index (χ0n) is 11.2. The summed E-state index contributed by atoms with van der Waals surface area (Å²) in [6.07, 6.45) is 2.14. The monoisotopic (exact) mass is 251 g/mol. The van der Waals surface area contributed by atoms with E-state index in [9.17, 15) is 4.39 Å². The molecule has 3 heteroatoms. The van der Waals surface area contributed by atoms with Crippen molar-refractivity contribution in [2.24, 2.45) is 5.92 Å². The van der Waals surface area contributed by atoms with Crippen molar-refractivity contribution < 1.29 is 9.13 Å². The molecule has 1 aliphatic rings. The average Bonchev–Trinajstić information content (AvgIpc) is 2.91. The molecule has 1 aromatic rings. The van der Waals surface area contributed by atoms with Crippen LogP contribution >= 0.6 is 0 Å². The van der Waals surface area contributed by atoms with Gasteiger partial charge in [-0.2, -0.15) is 0 Å². The molecule has 0 aromatic heterocycles. The zero-order valence-corrected chi connectivity index (χ0v) is 11.2. The van der Waals surface area contributed by atoms with Gasteiger partial charge in [0.25, 0.3) is 0 Å². The minimum atomic E-state index is -0.175. The smallest absolute Gasteiger partial charge is 0.123 e. The van der Waals surface area contributed by atoms with Gasteiger partial charge in [0.15, 0.2) is 0 Å². The molecule has 1 aliphatic heterocycles. The Bertz CT molecular complexity index is 359. The minimum absolute atomic E-state index is 0.175. The number of nitrogens with one attached hydrogen (secondary N) is 1. The van der Waals surface area contributed by atoms with Crippen molar-refractivity contribution in [1.82, 2.24) is 5.32 Å². The van der Waals surface area contributed by atoms with Crippen LogP contribution in [0.2, 0.25) is 0 Å². The SMILES string of the molecule is CCC(NC(C)C1CCOC1)c1ccc(F)cc1. The van der Waals surface area contributed by atoms with E-state index in [0.717, 1.165) is 31.6 Å². The lowest BCUT2D eigenvalue weighted by molar-refractivity contribution is 0.176. The number of hydrogen-bond acceptors (Lipinski definition) is 2. The third-order valence-corrected chi connectivity index (χ3v) is 3.82. The van der Waals surface area contributed by atoms with Gasteiger partial charge in [-0.15, -0.1) is 0 Å². The second-order valence-corrected chi connectivity index (χ2v) is 5.09. The Kier molecular flexibility index (Phi) is 4.72. The molecule has 3 unspecified atom stereocenters. The van der Waals surface area contributed by atoms with Crippen LogP contribution in [0.1, 0.15) is 38.3 Å². The van der Waals surface area contributed by atoms with Crippen LogP contribution in [0, 0.1) is 11.7 Å². The van der Waals surface area contributed by atoms with E-state index in [0.29, 0.717) is 18.0 Å². The fourth-order valence-electron chi connectivity index (χ4n) is 2.55. The van der Waals surface area contributed by atoms with Gasteiger partial charge in [-0.3, -0.25) is 0 Å². The first-order valence-corrected chi connectivity index (χ1v) is 6.80. The lowest BCUT2D eigenvalue weighted by Gasteiger charge is -2.26. The number of hydrogen-bond donors (Lipinski definition) is 1. The molecule has 1 heterocycles. The van der Waals surface area contributed by atoms with Crippen LogP contribution in [-0.2, 0) is 4.74 Å². The van der Waals surface area contributed by atoms with Crippen LogP contribution in [0.15, 0.2) is 24.3 Å². The van der Waals surface area contributed by atoms with E-state index in [4.69, 9.17) is 4.74 Å². The van der Waals surface area contributed by atoms with Gasteiger partial charge in [0, 0.05) is 18.7 Å². The molecule has 0 amide bonds. The fourth-order valence-corrected chi connectivity index (χ4v) is 2.55. The van der Waals surface area contributed by atoms with Crippen LogP contribution in [0.25, 0.3) is 0 Å². The third-order valence-electron chi connectivity index (χ3n) is 3.82. The molecule has 0 bridgehead atoms. The van der Waals surface area contributed by atoms with Crippen LogP contribution < -0.4 is 5.32 Å². The normalized spacial score (nSPS) is 22.9. The highest BCUT2D eigenvalue weighted by molar-refractivity contribution is 5.20. The van der Waals surface area contributed by atoms with Gasteiger partial charge in [-0.1, -0.05) is 19.1 Å². The molecule has 3 atom stereocenters. The summed E-state index contributed by atoms with van der Waals surface area (Å²) in [7, 11) is 0. The summed E-state index contributed by atoms with van der Waals surface area (Å²) in [6, 6.07) is 7.53. The summed E-state index contributed by atoms with van der Waals surface area (Å²) >= 11 is 0. The molecule has 0 radical (unpaired) electrons. The predicted octanol–water partition coefficient (Wildman–Crippen LogP) is 3.29. The lowest BCUT2D eigenvalue weighted by Crippen LogP contribution is -2.36. The Balaban J connectivity index is 1.97. The molecular weight excluding hydrogens is 229 g/mol. The molecule has 0 spiro atoms. The van der Waals surface area contributed by atoms with Crippen molar-refractivity contribution in [3.63, 3.8) is 0 Å². The highest BCUT2D eigenvalue weighted by Gasteiger charge is 2.24. The van der Waals surface area contributed by atoms with Crippen molar-refractivity contribution in [3.8, 4) is 0 Å². The molecule has 2 nitrogen and oxygen atoms in total. The van der Waals surface area contributed by atoms with E-state index in [1.807, 2.05) is 12.1 Å². The Labute approximate surface area is 109 Å². The van der Waals surface area contributed by atoms with Gasteiger partial charge in [0.2, 0.25) is 0 Å². The van der Waals surface area contributed by atoms with Gasteiger partial charge in [0.05, 0.1) is 6.61 Å². The third kappa shape index (κ3) is 3.30. The molecule has 2 rings (SSSR count). The van der Waals surface area contributed by atoms with Crippen LogP contribution in [0.5, 0.6) is 0 Å². The quantitative estimate of drug-likeness (QED) is 0.867. The maximum atomic E-state index is 12.9. The van der Waals surface area contributed by atoms with Gasteiger partial charge in [-0.25, -0.2) is 4.39 Å². The number of benzene rings is 1. The van der Waals surface area contributed by atoms with Crippen molar-refractivity contribution in [1.29, 1.82) is 0 Å². The van der Waals surface area contributed by atoms with Crippen molar-refractivity contribution in [3.05, 3.63) is 35.6 Å². The molecule has 1 saturated heterocycles. The first kappa shape index (κ1) is 13.5. The molecule has 100 valence electrons. The fraction of sp³-hybridized carbons (Fsp3) is 0.600. The maximum absolute atomic E-state index is 12.9. The highest BCUT2D eigenvalue weighted by atomic mass is 19.1. The molecule has 18 heavy (non-hydrogen) atoms. The van der Waals surface area contributed by atoms with Crippen LogP contribution in [0.3, 0.4) is 0 Å².